The van der Waals surface area contributed by atoms with Crippen LogP contribution < -0.4 is 5.32 Å². The zero-order chi connectivity index (χ0) is 13.0. The minimum Gasteiger partial charge on any atom is -0.391 e. The number of nitrogens with zero attached hydrogens (tertiary/aromatic N) is 1. The summed E-state index contributed by atoms with van der Waals surface area (Å²) in [6, 6.07) is -0.488. The lowest BCUT2D eigenvalue weighted by molar-refractivity contribution is -0.139. The van der Waals surface area contributed by atoms with Gasteiger partial charge in [0.1, 0.15) is 6.04 Å². The Bertz CT molecular complexity index is 291. The van der Waals surface area contributed by atoms with Gasteiger partial charge in [-0.15, -0.1) is 0 Å². The van der Waals surface area contributed by atoms with Crippen molar-refractivity contribution in [3.63, 3.8) is 0 Å². The standard InChI is InChI=1S/C12H22N2O3/c1-8(2)11(13-9(3)15)12(17)14-6-4-5-10(16)7-14/h8,10-11,16H,4-7H2,1-3H3,(H,13,15)/t10-,11?/m0/s1. The summed E-state index contributed by atoms with van der Waals surface area (Å²) in [6.07, 6.45) is 1.13. The van der Waals surface area contributed by atoms with Crippen molar-refractivity contribution in [2.45, 2.75) is 45.8 Å². The lowest BCUT2D eigenvalue weighted by atomic mass is 10.0. The van der Waals surface area contributed by atoms with E-state index in [2.05, 4.69) is 5.32 Å². The summed E-state index contributed by atoms with van der Waals surface area (Å²) in [7, 11) is 0. The number of carbonyl (C=O) groups is 2. The molecule has 17 heavy (non-hydrogen) atoms. The van der Waals surface area contributed by atoms with E-state index in [0.717, 1.165) is 12.8 Å². The van der Waals surface area contributed by atoms with E-state index >= 15 is 0 Å². The number of hydrogen-bond donors (Lipinski definition) is 2. The minimum atomic E-state index is -0.488. The molecule has 0 aromatic carbocycles. The second-order valence-corrected chi connectivity index (χ2v) is 5.00. The molecule has 1 rings (SSSR count). The normalized spacial score (nSPS) is 22.4. The van der Waals surface area contributed by atoms with Crippen LogP contribution in [0.3, 0.4) is 0 Å². The molecule has 5 heteroatoms. The van der Waals surface area contributed by atoms with Crippen molar-refractivity contribution in [3.05, 3.63) is 0 Å². The number of likely N-dealkylation sites (tertiary alicyclic amines) is 1. The molecule has 1 heterocycles. The van der Waals surface area contributed by atoms with Crippen molar-refractivity contribution in [2.24, 2.45) is 5.92 Å². The third kappa shape index (κ3) is 4.00. The van der Waals surface area contributed by atoms with Gasteiger partial charge in [0.25, 0.3) is 0 Å². The molecule has 2 amide bonds. The lowest BCUT2D eigenvalue weighted by Gasteiger charge is -2.34. The van der Waals surface area contributed by atoms with Gasteiger partial charge in [0.2, 0.25) is 11.8 Å². The number of amides is 2. The molecule has 0 spiro atoms. The van der Waals surface area contributed by atoms with Crippen molar-refractivity contribution in [2.75, 3.05) is 13.1 Å². The highest BCUT2D eigenvalue weighted by atomic mass is 16.3. The number of rotatable bonds is 3. The number of piperidine rings is 1. The first-order valence-electron chi connectivity index (χ1n) is 6.15. The summed E-state index contributed by atoms with van der Waals surface area (Å²) in [4.78, 5) is 24.9. The molecule has 1 fully saturated rings. The van der Waals surface area contributed by atoms with Gasteiger partial charge in [-0.3, -0.25) is 9.59 Å². The smallest absolute Gasteiger partial charge is 0.245 e. The Morgan fingerprint density at radius 3 is 2.53 bits per heavy atom. The largest absolute Gasteiger partial charge is 0.391 e. The number of carbonyl (C=O) groups excluding carboxylic acids is 2. The van der Waals surface area contributed by atoms with E-state index < -0.39 is 12.1 Å². The zero-order valence-corrected chi connectivity index (χ0v) is 10.8. The first kappa shape index (κ1) is 14.0. The first-order chi connectivity index (χ1) is 7.91. The van der Waals surface area contributed by atoms with E-state index in [-0.39, 0.29) is 17.7 Å². The van der Waals surface area contributed by atoms with Crippen molar-refractivity contribution >= 4 is 11.8 Å². The van der Waals surface area contributed by atoms with Crippen LogP contribution in [0.4, 0.5) is 0 Å². The van der Waals surface area contributed by atoms with Gasteiger partial charge in [-0.1, -0.05) is 13.8 Å². The van der Waals surface area contributed by atoms with Crippen LogP contribution in [0.15, 0.2) is 0 Å². The van der Waals surface area contributed by atoms with E-state index in [1.807, 2.05) is 13.8 Å². The fraction of sp³-hybridized carbons (Fsp3) is 0.833. The van der Waals surface area contributed by atoms with Crippen molar-refractivity contribution in [1.29, 1.82) is 0 Å². The molecule has 1 unspecified atom stereocenters. The quantitative estimate of drug-likeness (QED) is 0.739. The second kappa shape index (κ2) is 6.00. The van der Waals surface area contributed by atoms with Gasteiger partial charge in [0.05, 0.1) is 6.10 Å². The molecule has 2 atom stereocenters. The molecule has 5 nitrogen and oxygen atoms in total. The Hall–Kier alpha value is -1.10. The van der Waals surface area contributed by atoms with Gasteiger partial charge in [-0.2, -0.15) is 0 Å². The predicted octanol–water partition coefficient (Wildman–Crippen LogP) is 0.130. The maximum absolute atomic E-state index is 12.2. The molecule has 98 valence electrons. The molecule has 0 aromatic rings. The number of β-amino-alcohol motifs (C(OH)–C–C–N with tert-alkyl or cyclic N) is 1. The summed E-state index contributed by atoms with van der Waals surface area (Å²) in [5, 5.41) is 12.2. The molecule has 1 aliphatic rings. The van der Waals surface area contributed by atoms with Crippen molar-refractivity contribution < 1.29 is 14.7 Å². The van der Waals surface area contributed by atoms with Crippen LogP contribution in [0, 0.1) is 5.92 Å². The van der Waals surface area contributed by atoms with Crippen LogP contribution in [0.2, 0.25) is 0 Å². The van der Waals surface area contributed by atoms with Gasteiger partial charge in [-0.25, -0.2) is 0 Å². The Morgan fingerprint density at radius 2 is 2.06 bits per heavy atom. The Labute approximate surface area is 102 Å². The summed E-state index contributed by atoms with van der Waals surface area (Å²) in [6.45, 7) is 6.26. The van der Waals surface area contributed by atoms with Gasteiger partial charge in [0.15, 0.2) is 0 Å². The van der Waals surface area contributed by atoms with Gasteiger partial charge in [0, 0.05) is 20.0 Å². The summed E-state index contributed by atoms with van der Waals surface area (Å²) in [5.41, 5.74) is 0. The van der Waals surface area contributed by atoms with Crippen molar-refractivity contribution in [1.82, 2.24) is 10.2 Å². The number of aliphatic hydroxyl groups excluding tert-OH is 1. The third-order valence-electron chi connectivity index (χ3n) is 3.00. The molecule has 0 saturated carbocycles. The molecular formula is C12H22N2O3. The fourth-order valence-corrected chi connectivity index (χ4v) is 2.08. The third-order valence-corrected chi connectivity index (χ3v) is 3.00. The molecule has 1 saturated heterocycles. The van der Waals surface area contributed by atoms with Gasteiger partial charge in [-0.05, 0) is 18.8 Å². The molecule has 0 bridgehead atoms. The minimum absolute atomic E-state index is 0.0467. The second-order valence-electron chi connectivity index (χ2n) is 5.00. The van der Waals surface area contributed by atoms with E-state index in [0.29, 0.717) is 13.1 Å². The van der Waals surface area contributed by atoms with E-state index in [1.54, 1.807) is 4.90 Å². The zero-order valence-electron chi connectivity index (χ0n) is 10.8. The summed E-state index contributed by atoms with van der Waals surface area (Å²) in [5.74, 6) is -0.242. The topological polar surface area (TPSA) is 69.6 Å². The number of aliphatic hydroxyl groups is 1. The highest BCUT2D eigenvalue weighted by Crippen LogP contribution is 2.13. The monoisotopic (exact) mass is 242 g/mol. The Kier molecular flexibility index (Phi) is 4.93. The Balaban J connectivity index is 2.66. The number of hydrogen-bond acceptors (Lipinski definition) is 3. The molecule has 0 aromatic heterocycles. The lowest BCUT2D eigenvalue weighted by Crippen LogP contribution is -2.53. The van der Waals surface area contributed by atoms with E-state index in [1.165, 1.54) is 6.92 Å². The van der Waals surface area contributed by atoms with Gasteiger partial charge < -0.3 is 15.3 Å². The average Bonchev–Trinajstić information content (AvgIpc) is 2.24. The highest BCUT2D eigenvalue weighted by Gasteiger charge is 2.30. The van der Waals surface area contributed by atoms with Gasteiger partial charge >= 0.3 is 0 Å². The molecule has 0 radical (unpaired) electrons. The average molecular weight is 242 g/mol. The summed E-state index contributed by atoms with van der Waals surface area (Å²) >= 11 is 0. The Morgan fingerprint density at radius 1 is 1.41 bits per heavy atom. The van der Waals surface area contributed by atoms with Crippen LogP contribution in [0.25, 0.3) is 0 Å². The molecule has 1 aliphatic heterocycles. The van der Waals surface area contributed by atoms with Crippen LogP contribution >= 0.6 is 0 Å². The van der Waals surface area contributed by atoms with E-state index in [4.69, 9.17) is 0 Å². The van der Waals surface area contributed by atoms with Crippen LogP contribution in [-0.4, -0.2) is 47.1 Å². The van der Waals surface area contributed by atoms with Crippen LogP contribution in [-0.2, 0) is 9.59 Å². The maximum atomic E-state index is 12.2. The summed E-state index contributed by atoms with van der Waals surface area (Å²) < 4.78 is 0. The molecule has 2 N–H and O–H groups in total. The predicted molar refractivity (Wildman–Crippen MR) is 64.3 cm³/mol. The van der Waals surface area contributed by atoms with Crippen LogP contribution in [0.5, 0.6) is 0 Å². The van der Waals surface area contributed by atoms with Crippen molar-refractivity contribution in [3.8, 4) is 0 Å². The van der Waals surface area contributed by atoms with E-state index in [9.17, 15) is 14.7 Å². The SMILES string of the molecule is CC(=O)NC(C(=O)N1CCC[C@H](O)C1)C(C)C. The highest BCUT2D eigenvalue weighted by molar-refractivity contribution is 5.87. The molecule has 0 aliphatic carbocycles. The van der Waals surface area contributed by atoms with Crippen LogP contribution in [0.1, 0.15) is 33.6 Å². The maximum Gasteiger partial charge on any atom is 0.245 e. The molecular weight excluding hydrogens is 220 g/mol. The fourth-order valence-electron chi connectivity index (χ4n) is 2.08. The first-order valence-corrected chi connectivity index (χ1v) is 6.15. The number of nitrogens with one attached hydrogen (secondary N) is 1.